The number of halogens is 2. The van der Waals surface area contributed by atoms with Gasteiger partial charge in [-0.1, -0.05) is 0 Å². The van der Waals surface area contributed by atoms with Gasteiger partial charge in [0, 0.05) is 10.5 Å². The van der Waals surface area contributed by atoms with E-state index in [0.29, 0.717) is 14.7 Å². The van der Waals surface area contributed by atoms with Gasteiger partial charge >= 0.3 is 7.48 Å². The molecule has 23 heavy (non-hydrogen) atoms. The van der Waals surface area contributed by atoms with Crippen molar-refractivity contribution in [3.05, 3.63) is 37.5 Å². The first-order chi connectivity index (χ1) is 10.9. The Bertz CT molecular complexity index is 914. The van der Waals surface area contributed by atoms with E-state index < -0.39 is 5.97 Å². The maximum absolute atomic E-state index is 10.9. The molecule has 0 fully saturated rings. The SMILES string of the molecule is CC(=O)O[B]c1cc(I)c(O)c(-n2nc3ccc(I)cc3n2)c1. The average molecular weight is 532 g/mol. The predicted molar refractivity (Wildman–Crippen MR) is 103 cm³/mol. The van der Waals surface area contributed by atoms with Gasteiger partial charge in [0.1, 0.15) is 16.7 Å². The molecule has 0 atom stereocenters. The molecule has 0 spiro atoms. The van der Waals surface area contributed by atoms with Gasteiger partial charge in [0.05, 0.1) is 3.57 Å². The van der Waals surface area contributed by atoms with Crippen LogP contribution >= 0.6 is 45.2 Å². The zero-order valence-corrected chi connectivity index (χ0v) is 16.1. The first-order valence-corrected chi connectivity index (χ1v) is 8.66. The third kappa shape index (κ3) is 3.60. The van der Waals surface area contributed by atoms with E-state index in [0.717, 1.165) is 14.6 Å². The van der Waals surface area contributed by atoms with Crippen LogP contribution in [0.15, 0.2) is 30.3 Å². The van der Waals surface area contributed by atoms with Crippen LogP contribution in [0, 0.1) is 7.14 Å². The van der Waals surface area contributed by atoms with Crippen molar-refractivity contribution < 1.29 is 14.6 Å². The molecule has 0 aliphatic rings. The summed E-state index contributed by atoms with van der Waals surface area (Å²) in [5.74, 6) is -0.340. The average Bonchev–Trinajstić information content (AvgIpc) is 2.90. The third-order valence-corrected chi connectivity index (χ3v) is 4.48. The highest BCUT2D eigenvalue weighted by Crippen LogP contribution is 2.26. The van der Waals surface area contributed by atoms with Gasteiger partial charge in [-0.15, -0.1) is 15.0 Å². The molecule has 0 unspecified atom stereocenters. The van der Waals surface area contributed by atoms with Crippen LogP contribution in [0.3, 0.4) is 0 Å². The van der Waals surface area contributed by atoms with E-state index in [1.165, 1.54) is 19.2 Å². The molecule has 1 N–H and O–H groups in total. The van der Waals surface area contributed by atoms with E-state index in [1.54, 1.807) is 12.1 Å². The highest BCUT2D eigenvalue weighted by atomic mass is 127. The van der Waals surface area contributed by atoms with Crippen molar-refractivity contribution in [3.63, 3.8) is 0 Å². The number of carbonyl (C=O) groups excluding carboxylic acids is 1. The Morgan fingerprint density at radius 3 is 2.70 bits per heavy atom. The second kappa shape index (κ2) is 6.63. The molecule has 0 amide bonds. The topological polar surface area (TPSA) is 77.2 Å². The number of phenols is 1. The summed E-state index contributed by atoms with van der Waals surface area (Å²) in [5, 5.41) is 19.1. The van der Waals surface area contributed by atoms with Crippen LogP contribution in [0.25, 0.3) is 16.7 Å². The van der Waals surface area contributed by atoms with Gasteiger partial charge in [0.25, 0.3) is 5.97 Å². The van der Waals surface area contributed by atoms with Crippen LogP contribution in [0.5, 0.6) is 5.75 Å². The van der Waals surface area contributed by atoms with Crippen LogP contribution in [0.4, 0.5) is 0 Å². The number of aromatic hydroxyl groups is 1. The molecule has 2 aromatic carbocycles. The monoisotopic (exact) mass is 532 g/mol. The first-order valence-electron chi connectivity index (χ1n) is 6.50. The molecule has 1 aromatic heterocycles. The lowest BCUT2D eigenvalue weighted by Crippen LogP contribution is -2.21. The Kier molecular flexibility index (Phi) is 4.76. The van der Waals surface area contributed by atoms with Crippen molar-refractivity contribution in [1.29, 1.82) is 0 Å². The minimum atomic E-state index is -0.410. The summed E-state index contributed by atoms with van der Waals surface area (Å²) in [7, 11) is 1.33. The van der Waals surface area contributed by atoms with Crippen LogP contribution in [-0.4, -0.2) is 33.6 Å². The molecule has 0 bridgehead atoms. The molecular weight excluding hydrogens is 523 g/mol. The van der Waals surface area contributed by atoms with Crippen molar-refractivity contribution >= 4 is 75.1 Å². The number of aromatic nitrogens is 3. The lowest BCUT2D eigenvalue weighted by atomic mass is 9.87. The lowest BCUT2D eigenvalue weighted by molar-refractivity contribution is -0.131. The summed E-state index contributed by atoms with van der Waals surface area (Å²) in [6.07, 6.45) is 0. The van der Waals surface area contributed by atoms with Crippen LogP contribution in [-0.2, 0) is 9.45 Å². The second-order valence-corrected chi connectivity index (χ2v) is 7.13. The molecule has 3 aromatic rings. The molecule has 3 rings (SSSR count). The van der Waals surface area contributed by atoms with E-state index >= 15 is 0 Å². The van der Waals surface area contributed by atoms with Gasteiger partial charge < -0.3 is 9.76 Å². The summed E-state index contributed by atoms with van der Waals surface area (Å²) >= 11 is 4.21. The summed E-state index contributed by atoms with van der Waals surface area (Å²) in [5.41, 5.74) is 2.52. The minimum absolute atomic E-state index is 0.0700. The highest BCUT2D eigenvalue weighted by Gasteiger charge is 2.15. The third-order valence-electron chi connectivity index (χ3n) is 2.98. The second-order valence-electron chi connectivity index (χ2n) is 4.72. The number of fused-ring (bicyclic) bond motifs is 1. The fourth-order valence-electron chi connectivity index (χ4n) is 1.97. The van der Waals surface area contributed by atoms with E-state index in [1.807, 2.05) is 40.8 Å². The fraction of sp³-hybridized carbons (Fsp3) is 0.0714. The Labute approximate surface area is 159 Å². The van der Waals surface area contributed by atoms with Crippen molar-refractivity contribution in [3.8, 4) is 11.4 Å². The summed E-state index contributed by atoms with van der Waals surface area (Å²) < 4.78 is 6.55. The fourth-order valence-corrected chi connectivity index (χ4v) is 3.08. The van der Waals surface area contributed by atoms with E-state index in [4.69, 9.17) is 4.65 Å². The standard InChI is InChI=1S/C14H9BI2N3O3/c1-7(21)23-15-8-4-10(17)14(22)13(5-8)20-18-11-3-2-9(16)6-12(11)19-20/h2-6,22H,1H3. The maximum atomic E-state index is 10.9. The predicted octanol–water partition coefficient (Wildman–Crippen LogP) is 2.14. The van der Waals surface area contributed by atoms with Crippen molar-refractivity contribution in [2.75, 3.05) is 0 Å². The molecule has 1 heterocycles. The number of benzene rings is 2. The normalized spacial score (nSPS) is 10.7. The van der Waals surface area contributed by atoms with Gasteiger partial charge in [-0.3, -0.25) is 4.79 Å². The molecule has 0 saturated carbocycles. The van der Waals surface area contributed by atoms with Crippen molar-refractivity contribution in [2.24, 2.45) is 0 Å². The Hall–Kier alpha value is -1.37. The number of phenolic OH excluding ortho intramolecular Hbond substituents is 1. The van der Waals surface area contributed by atoms with Gasteiger partial charge in [0.2, 0.25) is 0 Å². The van der Waals surface area contributed by atoms with Gasteiger partial charge in [0.15, 0.2) is 5.75 Å². The van der Waals surface area contributed by atoms with Crippen LogP contribution in [0.2, 0.25) is 0 Å². The summed E-state index contributed by atoms with van der Waals surface area (Å²) in [6.45, 7) is 1.33. The smallest absolute Gasteiger partial charge is 0.412 e. The number of hydrogen-bond donors (Lipinski definition) is 1. The number of hydrogen-bond acceptors (Lipinski definition) is 5. The molecular formula is C14H9BI2N3O3. The van der Waals surface area contributed by atoms with E-state index in [9.17, 15) is 9.90 Å². The van der Waals surface area contributed by atoms with Crippen LogP contribution < -0.4 is 5.46 Å². The quantitative estimate of drug-likeness (QED) is 0.414. The van der Waals surface area contributed by atoms with E-state index in [2.05, 4.69) is 32.8 Å². The first kappa shape index (κ1) is 16.5. The van der Waals surface area contributed by atoms with Gasteiger partial charge in [-0.2, -0.15) is 0 Å². The van der Waals surface area contributed by atoms with Crippen molar-refractivity contribution in [1.82, 2.24) is 15.0 Å². The molecule has 9 heteroatoms. The number of nitrogens with zero attached hydrogens (tertiary/aromatic N) is 3. The summed E-state index contributed by atoms with van der Waals surface area (Å²) in [4.78, 5) is 12.3. The maximum Gasteiger partial charge on any atom is 0.412 e. The minimum Gasteiger partial charge on any atom is -0.533 e. The highest BCUT2D eigenvalue weighted by molar-refractivity contribution is 14.1. The Balaban J connectivity index is 2.07. The molecule has 6 nitrogen and oxygen atoms in total. The van der Waals surface area contributed by atoms with Gasteiger partial charge in [-0.05, 0) is 81.0 Å². The van der Waals surface area contributed by atoms with E-state index in [-0.39, 0.29) is 5.75 Å². The molecule has 1 radical (unpaired) electrons. The van der Waals surface area contributed by atoms with Gasteiger partial charge in [-0.25, -0.2) is 0 Å². The number of rotatable bonds is 3. The Morgan fingerprint density at radius 1 is 1.22 bits per heavy atom. The van der Waals surface area contributed by atoms with Crippen LogP contribution in [0.1, 0.15) is 6.92 Å². The molecule has 0 aliphatic carbocycles. The molecule has 0 saturated heterocycles. The zero-order valence-electron chi connectivity index (χ0n) is 11.8. The Morgan fingerprint density at radius 2 is 1.96 bits per heavy atom. The molecule has 115 valence electrons. The largest absolute Gasteiger partial charge is 0.533 e. The number of carbonyl (C=O) groups is 1. The zero-order chi connectivity index (χ0) is 16.6. The molecule has 0 aliphatic heterocycles. The lowest BCUT2D eigenvalue weighted by Gasteiger charge is -2.08. The summed E-state index contributed by atoms with van der Waals surface area (Å²) in [6, 6.07) is 9.09. The van der Waals surface area contributed by atoms with Crippen molar-refractivity contribution in [2.45, 2.75) is 6.92 Å².